The standard InChI is InChI=1S/C15H22N4/c1-11-4-3-7-19(10-11)12-5-6-14-13(8-12)17-15(9-16)18(14)2/h5-6,8,11H,3-4,7,9-10,16H2,1-2H3. The molecule has 102 valence electrons. The number of fused-ring (bicyclic) bond motifs is 1. The maximum atomic E-state index is 5.72. The van der Waals surface area contributed by atoms with Gasteiger partial charge in [0.05, 0.1) is 17.6 Å². The molecule has 1 fully saturated rings. The molecule has 2 heterocycles. The first-order valence-corrected chi connectivity index (χ1v) is 7.09. The van der Waals surface area contributed by atoms with E-state index >= 15 is 0 Å². The molecule has 0 amide bonds. The summed E-state index contributed by atoms with van der Waals surface area (Å²) in [5.41, 5.74) is 9.23. The summed E-state index contributed by atoms with van der Waals surface area (Å²) in [4.78, 5) is 7.09. The maximum Gasteiger partial charge on any atom is 0.123 e. The highest BCUT2D eigenvalue weighted by molar-refractivity contribution is 5.80. The minimum atomic E-state index is 0.487. The van der Waals surface area contributed by atoms with Gasteiger partial charge < -0.3 is 15.2 Å². The van der Waals surface area contributed by atoms with E-state index < -0.39 is 0 Å². The van der Waals surface area contributed by atoms with E-state index in [-0.39, 0.29) is 0 Å². The third kappa shape index (κ3) is 2.21. The van der Waals surface area contributed by atoms with E-state index in [2.05, 4.69) is 39.6 Å². The van der Waals surface area contributed by atoms with Crippen LogP contribution in [0.4, 0.5) is 5.69 Å². The van der Waals surface area contributed by atoms with E-state index in [0.717, 1.165) is 35.9 Å². The average molecular weight is 258 g/mol. The highest BCUT2D eigenvalue weighted by Crippen LogP contribution is 2.26. The monoisotopic (exact) mass is 258 g/mol. The normalized spacial score (nSPS) is 20.2. The molecule has 2 aromatic rings. The van der Waals surface area contributed by atoms with Crippen LogP contribution in [0.15, 0.2) is 18.2 Å². The minimum absolute atomic E-state index is 0.487. The van der Waals surface area contributed by atoms with Gasteiger partial charge in [0, 0.05) is 25.8 Å². The first-order chi connectivity index (χ1) is 9.19. The zero-order chi connectivity index (χ0) is 13.4. The summed E-state index contributed by atoms with van der Waals surface area (Å²) in [5.74, 6) is 1.73. The highest BCUT2D eigenvalue weighted by atomic mass is 15.1. The van der Waals surface area contributed by atoms with Gasteiger partial charge in [-0.25, -0.2) is 4.98 Å². The highest BCUT2D eigenvalue weighted by Gasteiger charge is 2.17. The quantitative estimate of drug-likeness (QED) is 0.899. The first kappa shape index (κ1) is 12.5. The zero-order valence-electron chi connectivity index (χ0n) is 11.8. The summed E-state index contributed by atoms with van der Waals surface area (Å²) in [6.45, 7) is 5.13. The Kier molecular flexibility index (Phi) is 3.19. The predicted octanol–water partition coefficient (Wildman–Crippen LogP) is 2.27. The Hall–Kier alpha value is -1.55. The summed E-state index contributed by atoms with van der Waals surface area (Å²) in [7, 11) is 2.03. The molecular formula is C15H22N4. The summed E-state index contributed by atoms with van der Waals surface area (Å²) >= 11 is 0. The molecule has 4 nitrogen and oxygen atoms in total. The second-order valence-corrected chi connectivity index (χ2v) is 5.66. The molecule has 0 bridgehead atoms. The van der Waals surface area contributed by atoms with Crippen molar-refractivity contribution in [2.45, 2.75) is 26.3 Å². The van der Waals surface area contributed by atoms with Crippen LogP contribution in [0.1, 0.15) is 25.6 Å². The van der Waals surface area contributed by atoms with Gasteiger partial charge in [0.15, 0.2) is 0 Å². The van der Waals surface area contributed by atoms with Crippen molar-refractivity contribution in [1.82, 2.24) is 9.55 Å². The summed E-state index contributed by atoms with van der Waals surface area (Å²) < 4.78 is 2.08. The SMILES string of the molecule is CC1CCCN(c2ccc3c(c2)nc(CN)n3C)C1. The van der Waals surface area contributed by atoms with Crippen LogP contribution in [0.2, 0.25) is 0 Å². The van der Waals surface area contributed by atoms with E-state index in [1.165, 1.54) is 18.5 Å². The van der Waals surface area contributed by atoms with Crippen molar-refractivity contribution in [2.75, 3.05) is 18.0 Å². The lowest BCUT2D eigenvalue weighted by atomic mass is 10.00. The Balaban J connectivity index is 1.97. The molecular weight excluding hydrogens is 236 g/mol. The van der Waals surface area contributed by atoms with Crippen molar-refractivity contribution in [3.05, 3.63) is 24.0 Å². The van der Waals surface area contributed by atoms with Crippen molar-refractivity contribution in [3.63, 3.8) is 0 Å². The third-order valence-corrected chi connectivity index (χ3v) is 4.16. The number of hydrogen-bond donors (Lipinski definition) is 1. The molecule has 1 atom stereocenters. The predicted molar refractivity (Wildman–Crippen MR) is 79.2 cm³/mol. The van der Waals surface area contributed by atoms with Crippen molar-refractivity contribution >= 4 is 16.7 Å². The van der Waals surface area contributed by atoms with Crippen LogP contribution in [-0.2, 0) is 13.6 Å². The fourth-order valence-electron chi connectivity index (χ4n) is 3.04. The Morgan fingerprint density at radius 3 is 3.00 bits per heavy atom. The topological polar surface area (TPSA) is 47.1 Å². The molecule has 0 saturated carbocycles. The number of anilines is 1. The van der Waals surface area contributed by atoms with Crippen molar-refractivity contribution in [2.24, 2.45) is 18.7 Å². The molecule has 1 unspecified atom stereocenters. The van der Waals surface area contributed by atoms with Crippen LogP contribution in [0, 0.1) is 5.92 Å². The second kappa shape index (κ2) is 4.85. The molecule has 19 heavy (non-hydrogen) atoms. The molecule has 0 aliphatic carbocycles. The first-order valence-electron chi connectivity index (χ1n) is 7.09. The van der Waals surface area contributed by atoms with E-state index in [1.54, 1.807) is 0 Å². The van der Waals surface area contributed by atoms with Gasteiger partial charge >= 0.3 is 0 Å². The van der Waals surface area contributed by atoms with Crippen molar-refractivity contribution in [3.8, 4) is 0 Å². The molecule has 1 aromatic heterocycles. The van der Waals surface area contributed by atoms with Gasteiger partial charge in [-0.3, -0.25) is 0 Å². The zero-order valence-corrected chi connectivity index (χ0v) is 11.8. The number of nitrogens with two attached hydrogens (primary N) is 1. The molecule has 1 aliphatic rings. The van der Waals surface area contributed by atoms with Crippen LogP contribution in [-0.4, -0.2) is 22.6 Å². The number of hydrogen-bond acceptors (Lipinski definition) is 3. The fraction of sp³-hybridized carbons (Fsp3) is 0.533. The Bertz CT molecular complexity index is 587. The Labute approximate surface area is 114 Å². The largest absolute Gasteiger partial charge is 0.371 e. The van der Waals surface area contributed by atoms with E-state index in [1.807, 2.05) is 7.05 Å². The summed E-state index contributed by atoms with van der Waals surface area (Å²) in [6.07, 6.45) is 2.63. The lowest BCUT2D eigenvalue weighted by molar-refractivity contribution is 0.447. The molecule has 4 heteroatoms. The molecule has 0 radical (unpaired) electrons. The maximum absolute atomic E-state index is 5.72. The Morgan fingerprint density at radius 2 is 2.26 bits per heavy atom. The van der Waals surface area contributed by atoms with Gasteiger partial charge in [-0.1, -0.05) is 6.92 Å². The molecule has 1 aromatic carbocycles. The van der Waals surface area contributed by atoms with Crippen LogP contribution in [0.25, 0.3) is 11.0 Å². The van der Waals surface area contributed by atoms with Crippen LogP contribution >= 0.6 is 0 Å². The van der Waals surface area contributed by atoms with E-state index in [9.17, 15) is 0 Å². The molecule has 0 spiro atoms. The average Bonchev–Trinajstić information content (AvgIpc) is 2.75. The summed E-state index contributed by atoms with van der Waals surface area (Å²) in [6, 6.07) is 6.57. The van der Waals surface area contributed by atoms with E-state index in [4.69, 9.17) is 5.73 Å². The number of imidazole rings is 1. The molecule has 2 N–H and O–H groups in total. The number of nitrogens with zero attached hydrogens (tertiary/aromatic N) is 3. The number of rotatable bonds is 2. The van der Waals surface area contributed by atoms with Gasteiger partial charge in [0.25, 0.3) is 0 Å². The second-order valence-electron chi connectivity index (χ2n) is 5.66. The lowest BCUT2D eigenvalue weighted by Crippen LogP contribution is -2.34. The summed E-state index contributed by atoms with van der Waals surface area (Å²) in [5, 5.41) is 0. The van der Waals surface area contributed by atoms with Crippen LogP contribution in [0.3, 0.4) is 0 Å². The van der Waals surface area contributed by atoms with Gasteiger partial charge in [0.2, 0.25) is 0 Å². The minimum Gasteiger partial charge on any atom is -0.371 e. The van der Waals surface area contributed by atoms with Gasteiger partial charge in [-0.2, -0.15) is 0 Å². The van der Waals surface area contributed by atoms with Gasteiger partial charge in [-0.15, -0.1) is 0 Å². The molecule has 1 aliphatic heterocycles. The molecule has 3 rings (SSSR count). The van der Waals surface area contributed by atoms with Crippen molar-refractivity contribution in [1.29, 1.82) is 0 Å². The fourth-order valence-corrected chi connectivity index (χ4v) is 3.04. The van der Waals surface area contributed by atoms with Crippen LogP contribution < -0.4 is 10.6 Å². The Morgan fingerprint density at radius 1 is 1.42 bits per heavy atom. The van der Waals surface area contributed by atoms with Gasteiger partial charge in [0.1, 0.15) is 5.82 Å². The van der Waals surface area contributed by atoms with E-state index in [0.29, 0.717) is 6.54 Å². The number of benzene rings is 1. The number of piperidine rings is 1. The van der Waals surface area contributed by atoms with Gasteiger partial charge in [-0.05, 0) is 37.0 Å². The van der Waals surface area contributed by atoms with Crippen LogP contribution in [0.5, 0.6) is 0 Å². The molecule has 1 saturated heterocycles. The third-order valence-electron chi connectivity index (χ3n) is 4.16. The lowest BCUT2D eigenvalue weighted by Gasteiger charge is -2.32. The smallest absolute Gasteiger partial charge is 0.123 e. The van der Waals surface area contributed by atoms with Crippen molar-refractivity contribution < 1.29 is 0 Å². The number of aryl methyl sites for hydroxylation is 1. The number of aromatic nitrogens is 2.